The minimum absolute atomic E-state index is 0.0630. The van der Waals surface area contributed by atoms with Crippen molar-refractivity contribution in [3.8, 4) is 16.9 Å². The minimum atomic E-state index is -0.800. The van der Waals surface area contributed by atoms with E-state index in [9.17, 15) is 9.90 Å². The number of aliphatic carboxylic acids is 1. The molecule has 0 saturated carbocycles. The molecule has 5 rings (SSSR count). The quantitative estimate of drug-likeness (QED) is 0.185. The number of halogens is 1. The fourth-order valence-electron chi connectivity index (χ4n) is 6.40. The number of ether oxygens (including phenoxy) is 2. The molecule has 43 heavy (non-hydrogen) atoms. The summed E-state index contributed by atoms with van der Waals surface area (Å²) in [6.45, 7) is 16.5. The summed E-state index contributed by atoms with van der Waals surface area (Å²) in [5.74, 6) is 0.0319. The van der Waals surface area contributed by atoms with E-state index in [2.05, 4.69) is 53.1 Å². The number of carboxylic acid groups (broad SMARTS) is 1. The molecule has 1 fully saturated rings. The summed E-state index contributed by atoms with van der Waals surface area (Å²) < 4.78 is 15.9. The Morgan fingerprint density at radius 2 is 1.74 bits per heavy atom. The van der Waals surface area contributed by atoms with Crippen molar-refractivity contribution in [2.24, 2.45) is 0 Å². The molecule has 0 atom stereocenters. The van der Waals surface area contributed by atoms with Gasteiger partial charge in [0.1, 0.15) is 5.75 Å². The summed E-state index contributed by atoms with van der Waals surface area (Å²) in [4.78, 5) is 14.1. The average molecular weight is 607 g/mol. The summed E-state index contributed by atoms with van der Waals surface area (Å²) >= 11 is 6.33. The van der Waals surface area contributed by atoms with Gasteiger partial charge in [0.15, 0.2) is 0 Å². The lowest BCUT2D eigenvalue weighted by molar-refractivity contribution is -0.137. The maximum absolute atomic E-state index is 11.6. The van der Waals surface area contributed by atoms with Gasteiger partial charge in [-0.15, -0.1) is 0 Å². The van der Waals surface area contributed by atoms with Gasteiger partial charge in [-0.1, -0.05) is 29.8 Å². The second kappa shape index (κ2) is 13.5. The van der Waals surface area contributed by atoms with Gasteiger partial charge in [0, 0.05) is 59.1 Å². The van der Waals surface area contributed by atoms with Crippen LogP contribution in [0.2, 0.25) is 5.02 Å². The first-order valence-corrected chi connectivity index (χ1v) is 15.6. The number of benzene rings is 2. The third kappa shape index (κ3) is 6.77. The van der Waals surface area contributed by atoms with Crippen LogP contribution < -0.4 is 4.74 Å². The Morgan fingerprint density at radius 1 is 1.02 bits per heavy atom. The molecule has 3 heterocycles. The molecule has 1 N–H and O–H groups in total. The number of morpholine rings is 1. The maximum atomic E-state index is 11.6. The first-order valence-electron chi connectivity index (χ1n) is 15.2. The van der Waals surface area contributed by atoms with Gasteiger partial charge in [-0.25, -0.2) is 0 Å². The summed E-state index contributed by atoms with van der Waals surface area (Å²) in [6, 6.07) is 10.4. The van der Waals surface area contributed by atoms with Crippen LogP contribution in [0.15, 0.2) is 30.3 Å². The molecule has 0 amide bonds. The van der Waals surface area contributed by atoms with Crippen LogP contribution in [-0.2, 0) is 29.0 Å². The van der Waals surface area contributed by atoms with E-state index in [0.717, 1.165) is 108 Å². The number of carbonyl (C=O) groups is 1. The number of rotatable bonds is 12. The van der Waals surface area contributed by atoms with Gasteiger partial charge in [0.25, 0.3) is 0 Å². The molecule has 1 saturated heterocycles. The molecular weight excluding hydrogens is 564 g/mol. The molecule has 4 aromatic rings. The van der Waals surface area contributed by atoms with Crippen LogP contribution >= 0.6 is 11.6 Å². The van der Waals surface area contributed by atoms with Gasteiger partial charge in [-0.05, 0) is 76.3 Å². The fraction of sp³-hybridized carbons (Fsp3) is 0.471. The molecule has 1 aliphatic rings. The molecule has 0 bridgehead atoms. The van der Waals surface area contributed by atoms with Crippen LogP contribution in [-0.4, -0.2) is 69.8 Å². The Kier molecular flexibility index (Phi) is 9.79. The van der Waals surface area contributed by atoms with Gasteiger partial charge < -0.3 is 19.1 Å². The molecule has 1 aliphatic heterocycles. The lowest BCUT2D eigenvalue weighted by Gasteiger charge is -2.26. The Bertz CT molecular complexity index is 1590. The number of carboxylic acids is 1. The number of aryl methyl sites for hydroxylation is 5. The zero-order valence-corrected chi connectivity index (χ0v) is 26.8. The molecule has 2 aromatic carbocycles. The van der Waals surface area contributed by atoms with E-state index in [1.165, 1.54) is 10.9 Å². The number of aromatic nitrogens is 3. The highest BCUT2D eigenvalue weighted by Gasteiger charge is 2.22. The van der Waals surface area contributed by atoms with Crippen molar-refractivity contribution >= 4 is 28.5 Å². The van der Waals surface area contributed by atoms with Gasteiger partial charge >= 0.3 is 5.97 Å². The second-order valence-electron chi connectivity index (χ2n) is 11.6. The zero-order valence-electron chi connectivity index (χ0n) is 26.0. The maximum Gasteiger partial charge on any atom is 0.305 e. The van der Waals surface area contributed by atoms with Crippen LogP contribution in [0.1, 0.15) is 46.6 Å². The van der Waals surface area contributed by atoms with Gasteiger partial charge in [0.2, 0.25) is 0 Å². The Labute approximate surface area is 259 Å². The molecular formula is C34H43ClN4O4. The van der Waals surface area contributed by atoms with Crippen molar-refractivity contribution in [1.29, 1.82) is 0 Å². The van der Waals surface area contributed by atoms with Gasteiger partial charge in [0.05, 0.1) is 44.0 Å². The normalized spacial score (nSPS) is 14.1. The predicted molar refractivity (Wildman–Crippen MR) is 172 cm³/mol. The zero-order chi connectivity index (χ0) is 30.7. The van der Waals surface area contributed by atoms with Crippen LogP contribution in [0.4, 0.5) is 0 Å². The van der Waals surface area contributed by atoms with E-state index in [1.807, 2.05) is 26.0 Å². The lowest BCUT2D eigenvalue weighted by Crippen LogP contribution is -2.38. The van der Waals surface area contributed by atoms with Crippen LogP contribution in [0, 0.1) is 34.6 Å². The van der Waals surface area contributed by atoms with Crippen molar-refractivity contribution in [2.75, 3.05) is 39.5 Å². The topological polar surface area (TPSA) is 81.8 Å². The predicted octanol–water partition coefficient (Wildman–Crippen LogP) is 6.52. The van der Waals surface area contributed by atoms with E-state index >= 15 is 0 Å². The molecule has 9 heteroatoms. The molecule has 8 nitrogen and oxygen atoms in total. The number of nitrogens with zero attached hydrogens (tertiary/aromatic N) is 4. The van der Waals surface area contributed by atoms with Crippen LogP contribution in [0.25, 0.3) is 22.0 Å². The monoisotopic (exact) mass is 606 g/mol. The summed E-state index contributed by atoms with van der Waals surface area (Å²) in [7, 11) is 0. The van der Waals surface area contributed by atoms with Crippen molar-refractivity contribution in [1.82, 2.24) is 19.2 Å². The Morgan fingerprint density at radius 3 is 2.44 bits per heavy atom. The fourth-order valence-corrected chi connectivity index (χ4v) is 6.51. The minimum Gasteiger partial charge on any atom is -0.494 e. The Balaban J connectivity index is 1.43. The molecule has 0 unspecified atom stereocenters. The van der Waals surface area contributed by atoms with Crippen molar-refractivity contribution < 1.29 is 19.4 Å². The van der Waals surface area contributed by atoms with Crippen molar-refractivity contribution in [2.45, 2.75) is 67.0 Å². The van der Waals surface area contributed by atoms with Crippen molar-refractivity contribution in [3.05, 3.63) is 69.1 Å². The standard InChI is InChI=1S/C34H43ClN4O4/c1-22-20-27(21-23(2)33(22)35)43-17-7-10-28-25(4)38(12-11-31(40)41)34-29(28)8-6-9-30(34)32-24(3)36-39(26(32)5)14-13-37-15-18-42-19-16-37/h6,8-9,20-21H,7,10-19H2,1-5H3,(H,40,41). The van der Waals surface area contributed by atoms with Gasteiger partial charge in [-0.3, -0.25) is 14.4 Å². The first-order chi connectivity index (χ1) is 20.7. The Hall–Kier alpha value is -3.33. The number of hydrogen-bond donors (Lipinski definition) is 1. The first kappa shape index (κ1) is 31.1. The largest absolute Gasteiger partial charge is 0.494 e. The number of para-hydroxylation sites is 1. The molecule has 0 spiro atoms. The second-order valence-corrected chi connectivity index (χ2v) is 12.0. The highest BCUT2D eigenvalue weighted by Crippen LogP contribution is 2.38. The number of hydrogen-bond acceptors (Lipinski definition) is 5. The van der Waals surface area contributed by atoms with Crippen molar-refractivity contribution in [3.63, 3.8) is 0 Å². The highest BCUT2D eigenvalue weighted by atomic mass is 35.5. The molecule has 2 aromatic heterocycles. The van der Waals surface area contributed by atoms with E-state index < -0.39 is 5.97 Å². The van der Waals surface area contributed by atoms with E-state index in [-0.39, 0.29) is 6.42 Å². The third-order valence-electron chi connectivity index (χ3n) is 8.65. The lowest BCUT2D eigenvalue weighted by atomic mass is 9.98. The smallest absolute Gasteiger partial charge is 0.305 e. The molecule has 0 radical (unpaired) electrons. The summed E-state index contributed by atoms with van der Waals surface area (Å²) in [5.41, 5.74) is 9.80. The van der Waals surface area contributed by atoms with E-state index in [1.54, 1.807) is 0 Å². The third-order valence-corrected chi connectivity index (χ3v) is 9.25. The van der Waals surface area contributed by atoms with E-state index in [0.29, 0.717) is 13.2 Å². The van der Waals surface area contributed by atoms with Crippen LogP contribution in [0.3, 0.4) is 0 Å². The summed E-state index contributed by atoms with van der Waals surface area (Å²) in [6.07, 6.45) is 1.73. The van der Waals surface area contributed by atoms with Gasteiger partial charge in [-0.2, -0.15) is 5.10 Å². The molecule has 0 aliphatic carbocycles. The highest BCUT2D eigenvalue weighted by molar-refractivity contribution is 6.32. The van der Waals surface area contributed by atoms with Crippen LogP contribution in [0.5, 0.6) is 5.75 Å². The average Bonchev–Trinajstić information content (AvgIpc) is 3.42. The summed E-state index contributed by atoms with van der Waals surface area (Å²) in [5, 5.41) is 16.5. The number of fused-ring (bicyclic) bond motifs is 1. The van der Waals surface area contributed by atoms with E-state index in [4.69, 9.17) is 26.2 Å². The molecule has 230 valence electrons. The SMILES string of the molecule is Cc1cc(OCCCc2c(C)n(CCC(=O)O)c3c(-c4c(C)nn(CCN5CCOCC5)c4C)cccc23)cc(C)c1Cl.